The normalized spacial score (nSPS) is 26.2. The molecule has 1 aliphatic heterocycles. The smallest absolute Gasteiger partial charge is 0.0653 e. The van der Waals surface area contributed by atoms with E-state index in [1.807, 2.05) is 0 Å². The first-order valence-electron chi connectivity index (χ1n) is 3.66. The van der Waals surface area contributed by atoms with E-state index in [0.717, 1.165) is 13.0 Å². The maximum atomic E-state index is 5.51. The first-order valence-corrected chi connectivity index (χ1v) is 5.18. The summed E-state index contributed by atoms with van der Waals surface area (Å²) in [6.07, 6.45) is 5.01. The standard InChI is InChI=1S/C8H13IO/c1-7-3-5-10-8(6-7)2-4-9/h3,8H,2,4-6H2,1H3. The van der Waals surface area contributed by atoms with Crippen LogP contribution in [0.25, 0.3) is 0 Å². The van der Waals surface area contributed by atoms with Crippen molar-refractivity contribution in [2.45, 2.75) is 25.9 Å². The maximum Gasteiger partial charge on any atom is 0.0653 e. The molecule has 1 heterocycles. The summed E-state index contributed by atoms with van der Waals surface area (Å²) in [7, 11) is 0. The number of hydrogen-bond donors (Lipinski definition) is 0. The highest BCUT2D eigenvalue weighted by molar-refractivity contribution is 14.1. The van der Waals surface area contributed by atoms with E-state index in [-0.39, 0.29) is 0 Å². The topological polar surface area (TPSA) is 9.23 Å². The molecule has 58 valence electrons. The molecule has 0 amide bonds. The van der Waals surface area contributed by atoms with Gasteiger partial charge in [-0.05, 0) is 19.8 Å². The SMILES string of the molecule is CC1=CCOC(CCI)C1. The van der Waals surface area contributed by atoms with Crippen molar-refractivity contribution >= 4 is 22.6 Å². The van der Waals surface area contributed by atoms with Crippen LogP contribution in [0.1, 0.15) is 19.8 Å². The van der Waals surface area contributed by atoms with Crippen molar-refractivity contribution in [2.24, 2.45) is 0 Å². The molecule has 0 radical (unpaired) electrons. The van der Waals surface area contributed by atoms with E-state index in [9.17, 15) is 0 Å². The van der Waals surface area contributed by atoms with Gasteiger partial charge in [-0.1, -0.05) is 34.2 Å². The minimum Gasteiger partial charge on any atom is -0.374 e. The Balaban J connectivity index is 2.30. The lowest BCUT2D eigenvalue weighted by Gasteiger charge is -2.20. The zero-order chi connectivity index (χ0) is 7.40. The predicted octanol–water partition coefficient (Wildman–Crippen LogP) is 2.55. The summed E-state index contributed by atoms with van der Waals surface area (Å²) in [4.78, 5) is 0. The molecule has 1 nitrogen and oxygen atoms in total. The molecular formula is C8H13IO. The molecule has 1 aliphatic rings. The van der Waals surface area contributed by atoms with Gasteiger partial charge in [-0.2, -0.15) is 0 Å². The lowest BCUT2D eigenvalue weighted by Crippen LogP contribution is -2.18. The third-order valence-electron chi connectivity index (χ3n) is 1.74. The second-order valence-electron chi connectivity index (χ2n) is 2.69. The molecule has 0 aromatic rings. The number of rotatable bonds is 2. The van der Waals surface area contributed by atoms with Crippen LogP contribution in [0.15, 0.2) is 11.6 Å². The van der Waals surface area contributed by atoms with E-state index in [1.54, 1.807) is 0 Å². The van der Waals surface area contributed by atoms with Crippen molar-refractivity contribution in [1.29, 1.82) is 0 Å². The fourth-order valence-corrected chi connectivity index (χ4v) is 1.83. The van der Waals surface area contributed by atoms with Gasteiger partial charge in [0.2, 0.25) is 0 Å². The van der Waals surface area contributed by atoms with Gasteiger partial charge in [-0.3, -0.25) is 0 Å². The fourth-order valence-electron chi connectivity index (χ4n) is 1.13. The highest BCUT2D eigenvalue weighted by atomic mass is 127. The average Bonchev–Trinajstić information content (AvgIpc) is 1.88. The minimum absolute atomic E-state index is 0.502. The molecule has 0 aliphatic carbocycles. The lowest BCUT2D eigenvalue weighted by atomic mass is 10.1. The highest BCUT2D eigenvalue weighted by Gasteiger charge is 2.11. The minimum atomic E-state index is 0.502. The fraction of sp³-hybridized carbons (Fsp3) is 0.750. The molecule has 0 saturated heterocycles. The molecule has 10 heavy (non-hydrogen) atoms. The monoisotopic (exact) mass is 252 g/mol. The maximum absolute atomic E-state index is 5.51. The van der Waals surface area contributed by atoms with Crippen LogP contribution in [-0.2, 0) is 4.74 Å². The van der Waals surface area contributed by atoms with Gasteiger partial charge < -0.3 is 4.74 Å². The molecule has 2 heteroatoms. The van der Waals surface area contributed by atoms with Gasteiger partial charge in [-0.25, -0.2) is 0 Å². The van der Waals surface area contributed by atoms with Gasteiger partial charge in [0, 0.05) is 4.43 Å². The first-order chi connectivity index (χ1) is 4.83. The van der Waals surface area contributed by atoms with Crippen LogP contribution in [0.5, 0.6) is 0 Å². The van der Waals surface area contributed by atoms with Gasteiger partial charge in [0.25, 0.3) is 0 Å². The van der Waals surface area contributed by atoms with Crippen LogP contribution >= 0.6 is 22.6 Å². The Hall–Kier alpha value is 0.430. The van der Waals surface area contributed by atoms with Gasteiger partial charge >= 0.3 is 0 Å². The van der Waals surface area contributed by atoms with Crippen molar-refractivity contribution in [3.63, 3.8) is 0 Å². The van der Waals surface area contributed by atoms with Crippen molar-refractivity contribution in [3.05, 3.63) is 11.6 Å². The zero-order valence-corrected chi connectivity index (χ0v) is 8.43. The van der Waals surface area contributed by atoms with Crippen molar-refractivity contribution in [1.82, 2.24) is 0 Å². The third kappa shape index (κ3) is 2.58. The summed E-state index contributed by atoms with van der Waals surface area (Å²) in [6.45, 7) is 3.01. The Bertz CT molecular complexity index is 131. The Morgan fingerprint density at radius 2 is 2.60 bits per heavy atom. The van der Waals surface area contributed by atoms with Crippen molar-refractivity contribution in [2.75, 3.05) is 11.0 Å². The average molecular weight is 252 g/mol. The van der Waals surface area contributed by atoms with Crippen LogP contribution < -0.4 is 0 Å². The van der Waals surface area contributed by atoms with E-state index in [0.29, 0.717) is 6.10 Å². The number of halogens is 1. The molecule has 1 unspecified atom stereocenters. The molecule has 0 N–H and O–H groups in total. The Labute approximate surface area is 76.0 Å². The highest BCUT2D eigenvalue weighted by Crippen LogP contribution is 2.16. The lowest BCUT2D eigenvalue weighted by molar-refractivity contribution is 0.0633. The summed E-state index contributed by atoms with van der Waals surface area (Å²) in [6, 6.07) is 0. The van der Waals surface area contributed by atoms with E-state index in [1.165, 1.54) is 16.4 Å². The van der Waals surface area contributed by atoms with Crippen LogP contribution in [0.4, 0.5) is 0 Å². The van der Waals surface area contributed by atoms with Gasteiger partial charge in [-0.15, -0.1) is 0 Å². The molecule has 1 rings (SSSR count). The summed E-state index contributed by atoms with van der Waals surface area (Å²) >= 11 is 2.40. The predicted molar refractivity (Wildman–Crippen MR) is 51.6 cm³/mol. The van der Waals surface area contributed by atoms with Gasteiger partial charge in [0.1, 0.15) is 0 Å². The Morgan fingerprint density at radius 3 is 3.20 bits per heavy atom. The second-order valence-corrected chi connectivity index (χ2v) is 3.77. The summed E-state index contributed by atoms with van der Waals surface area (Å²) in [5.41, 5.74) is 1.49. The van der Waals surface area contributed by atoms with Gasteiger partial charge in [0.15, 0.2) is 0 Å². The third-order valence-corrected chi connectivity index (χ3v) is 2.37. The number of alkyl halides is 1. The van der Waals surface area contributed by atoms with Crippen LogP contribution in [0.2, 0.25) is 0 Å². The Morgan fingerprint density at radius 1 is 1.80 bits per heavy atom. The summed E-state index contributed by atoms with van der Waals surface area (Å²) in [5, 5.41) is 0. The number of hydrogen-bond acceptors (Lipinski definition) is 1. The molecule has 0 fully saturated rings. The molecule has 0 spiro atoms. The molecule has 1 atom stereocenters. The largest absolute Gasteiger partial charge is 0.374 e. The van der Waals surface area contributed by atoms with E-state index < -0.39 is 0 Å². The van der Waals surface area contributed by atoms with Crippen LogP contribution in [0, 0.1) is 0 Å². The van der Waals surface area contributed by atoms with Crippen molar-refractivity contribution in [3.8, 4) is 0 Å². The zero-order valence-electron chi connectivity index (χ0n) is 6.27. The van der Waals surface area contributed by atoms with E-state index in [2.05, 4.69) is 35.6 Å². The molecule has 0 aromatic heterocycles. The van der Waals surface area contributed by atoms with Crippen LogP contribution in [-0.4, -0.2) is 17.1 Å². The molecular weight excluding hydrogens is 239 g/mol. The summed E-state index contributed by atoms with van der Waals surface area (Å²) < 4.78 is 6.71. The summed E-state index contributed by atoms with van der Waals surface area (Å²) in [5.74, 6) is 0. The van der Waals surface area contributed by atoms with Gasteiger partial charge in [0.05, 0.1) is 12.7 Å². The molecule has 0 aromatic carbocycles. The quantitative estimate of drug-likeness (QED) is 0.417. The number of ether oxygens (including phenoxy) is 1. The van der Waals surface area contributed by atoms with E-state index in [4.69, 9.17) is 4.74 Å². The Kier molecular flexibility index (Phi) is 3.70. The molecule has 0 saturated carbocycles. The van der Waals surface area contributed by atoms with Crippen molar-refractivity contribution < 1.29 is 4.74 Å². The van der Waals surface area contributed by atoms with Crippen LogP contribution in [0.3, 0.4) is 0 Å². The second kappa shape index (κ2) is 4.34. The van der Waals surface area contributed by atoms with E-state index >= 15 is 0 Å². The first kappa shape index (κ1) is 8.53. The molecule has 0 bridgehead atoms.